The zero-order valence-corrected chi connectivity index (χ0v) is 15.8. The fourth-order valence-corrected chi connectivity index (χ4v) is 3.31. The summed E-state index contributed by atoms with van der Waals surface area (Å²) in [5, 5.41) is 13.6. The number of rotatable bonds is 9. The molecule has 0 aliphatic carbocycles. The van der Waals surface area contributed by atoms with Gasteiger partial charge < -0.3 is 15.7 Å². The van der Waals surface area contributed by atoms with Gasteiger partial charge in [0.05, 0.1) is 11.7 Å². The Bertz CT molecular complexity index is 778. The molecule has 0 heterocycles. The van der Waals surface area contributed by atoms with Crippen molar-refractivity contribution in [3.05, 3.63) is 60.2 Å². The molecule has 1 atom stereocenters. The van der Waals surface area contributed by atoms with Gasteiger partial charge >= 0.3 is 5.97 Å². The van der Waals surface area contributed by atoms with E-state index in [1.54, 1.807) is 24.3 Å². The van der Waals surface area contributed by atoms with Crippen LogP contribution in [-0.4, -0.2) is 34.7 Å². The largest absolute Gasteiger partial charge is 0.480 e. The molecular formula is C20H22N2O4S. The topological polar surface area (TPSA) is 95.5 Å². The smallest absolute Gasteiger partial charge is 0.322 e. The highest BCUT2D eigenvalue weighted by Gasteiger charge is 2.18. The molecule has 0 aliphatic heterocycles. The molecule has 0 saturated carbocycles. The lowest BCUT2D eigenvalue weighted by Crippen LogP contribution is -2.30. The van der Waals surface area contributed by atoms with Crippen molar-refractivity contribution in [1.82, 2.24) is 5.32 Å². The van der Waals surface area contributed by atoms with Crippen molar-refractivity contribution in [2.75, 3.05) is 11.9 Å². The quantitative estimate of drug-likeness (QED) is 0.576. The molecule has 6 nitrogen and oxygen atoms in total. The maximum atomic E-state index is 12.5. The van der Waals surface area contributed by atoms with Crippen LogP contribution in [0.25, 0.3) is 0 Å². The number of carbonyl (C=O) groups is 3. The highest BCUT2D eigenvalue weighted by atomic mass is 32.2. The van der Waals surface area contributed by atoms with Gasteiger partial charge in [0.2, 0.25) is 11.8 Å². The summed E-state index contributed by atoms with van der Waals surface area (Å²) in [4.78, 5) is 35.6. The number of carboxylic acids is 1. The molecule has 0 radical (unpaired) electrons. The zero-order chi connectivity index (χ0) is 19.6. The van der Waals surface area contributed by atoms with E-state index in [1.165, 1.54) is 11.8 Å². The number of amides is 2. The number of carboxylic acid groups (broad SMARTS) is 1. The highest BCUT2D eigenvalue weighted by Crippen LogP contribution is 2.26. The van der Waals surface area contributed by atoms with Gasteiger partial charge in [0.1, 0.15) is 6.54 Å². The van der Waals surface area contributed by atoms with Gasteiger partial charge in [0.25, 0.3) is 0 Å². The number of aliphatic carboxylic acids is 1. The van der Waals surface area contributed by atoms with Crippen LogP contribution < -0.4 is 10.6 Å². The number of hydrogen-bond donors (Lipinski definition) is 3. The second kappa shape index (κ2) is 10.4. The third-order valence-corrected chi connectivity index (χ3v) is 5.08. The van der Waals surface area contributed by atoms with Gasteiger partial charge in [-0.15, -0.1) is 11.8 Å². The molecule has 2 amide bonds. The highest BCUT2D eigenvalue weighted by molar-refractivity contribution is 8.00. The van der Waals surface area contributed by atoms with E-state index >= 15 is 0 Å². The minimum absolute atomic E-state index is 0.0710. The van der Waals surface area contributed by atoms with Gasteiger partial charge in [-0.05, 0) is 36.2 Å². The molecule has 0 aromatic heterocycles. The molecule has 27 heavy (non-hydrogen) atoms. The Balaban J connectivity index is 1.89. The van der Waals surface area contributed by atoms with Gasteiger partial charge in [-0.1, -0.05) is 37.3 Å². The maximum Gasteiger partial charge on any atom is 0.322 e. The first-order chi connectivity index (χ1) is 13.0. The Kier molecular flexibility index (Phi) is 7.88. The molecule has 0 saturated heterocycles. The minimum atomic E-state index is -1.08. The molecule has 2 rings (SSSR count). The number of carbonyl (C=O) groups excluding carboxylic acids is 2. The number of nitrogens with one attached hydrogen (secondary N) is 2. The summed E-state index contributed by atoms with van der Waals surface area (Å²) < 4.78 is 0. The summed E-state index contributed by atoms with van der Waals surface area (Å²) in [6.45, 7) is 1.57. The van der Waals surface area contributed by atoms with Crippen LogP contribution in [0.2, 0.25) is 0 Å². The first-order valence-electron chi connectivity index (χ1n) is 8.58. The van der Waals surface area contributed by atoms with Crippen LogP contribution in [-0.2, 0) is 20.8 Å². The van der Waals surface area contributed by atoms with E-state index < -0.39 is 12.5 Å². The predicted octanol–water partition coefficient (Wildman–Crippen LogP) is 2.94. The fourth-order valence-electron chi connectivity index (χ4n) is 2.34. The zero-order valence-electron chi connectivity index (χ0n) is 15.0. The van der Waals surface area contributed by atoms with E-state index in [1.807, 2.05) is 37.3 Å². The summed E-state index contributed by atoms with van der Waals surface area (Å²) >= 11 is 1.52. The van der Waals surface area contributed by atoms with Crippen LogP contribution in [0.4, 0.5) is 5.69 Å². The summed E-state index contributed by atoms with van der Waals surface area (Å²) in [6.07, 6.45) is 0.788. The number of hydrogen-bond acceptors (Lipinski definition) is 4. The summed E-state index contributed by atoms with van der Waals surface area (Å²) in [6, 6.07) is 16.7. The van der Waals surface area contributed by atoms with Crippen LogP contribution in [0.1, 0.15) is 18.9 Å². The number of anilines is 1. The minimum Gasteiger partial charge on any atom is -0.480 e. The van der Waals surface area contributed by atoms with Crippen LogP contribution in [0, 0.1) is 0 Å². The van der Waals surface area contributed by atoms with E-state index in [0.29, 0.717) is 12.1 Å². The Morgan fingerprint density at radius 2 is 1.70 bits per heavy atom. The van der Waals surface area contributed by atoms with Gasteiger partial charge in [-0.3, -0.25) is 14.4 Å². The normalized spacial score (nSPS) is 11.4. The molecule has 0 spiro atoms. The molecule has 0 aliphatic rings. The summed E-state index contributed by atoms with van der Waals surface area (Å²) in [5.41, 5.74) is 1.39. The summed E-state index contributed by atoms with van der Waals surface area (Å²) in [5.74, 6) is -1.52. The molecule has 2 aromatic rings. The Morgan fingerprint density at radius 3 is 2.30 bits per heavy atom. The molecule has 142 valence electrons. The average molecular weight is 386 g/mol. The third kappa shape index (κ3) is 7.15. The first kappa shape index (κ1) is 20.5. The van der Waals surface area contributed by atoms with Crippen LogP contribution in [0.3, 0.4) is 0 Å². The lowest BCUT2D eigenvalue weighted by molar-refractivity contribution is -0.137. The van der Waals surface area contributed by atoms with Gasteiger partial charge in [-0.25, -0.2) is 0 Å². The van der Waals surface area contributed by atoms with E-state index in [4.69, 9.17) is 5.11 Å². The number of thioether (sulfide) groups is 1. The van der Waals surface area contributed by atoms with Crippen molar-refractivity contribution >= 4 is 35.2 Å². The number of benzene rings is 2. The molecular weight excluding hydrogens is 364 g/mol. The first-order valence-corrected chi connectivity index (χ1v) is 9.46. The molecule has 1 unspecified atom stereocenters. The van der Waals surface area contributed by atoms with Crippen molar-refractivity contribution in [3.63, 3.8) is 0 Å². The molecule has 0 bridgehead atoms. The second-order valence-electron chi connectivity index (χ2n) is 5.86. The molecule has 2 aromatic carbocycles. The monoisotopic (exact) mass is 386 g/mol. The van der Waals surface area contributed by atoms with Crippen LogP contribution in [0.5, 0.6) is 0 Å². The Labute approximate surface area is 162 Å². The lowest BCUT2D eigenvalue weighted by Gasteiger charge is -2.15. The fraction of sp³-hybridized carbons (Fsp3) is 0.250. The third-order valence-electron chi connectivity index (χ3n) is 3.71. The van der Waals surface area contributed by atoms with Gasteiger partial charge in [-0.2, -0.15) is 0 Å². The average Bonchev–Trinajstić information content (AvgIpc) is 2.66. The predicted molar refractivity (Wildman–Crippen MR) is 106 cm³/mol. The summed E-state index contributed by atoms with van der Waals surface area (Å²) in [7, 11) is 0. The lowest BCUT2D eigenvalue weighted by atomic mass is 10.1. The Morgan fingerprint density at radius 1 is 1.04 bits per heavy atom. The van der Waals surface area contributed by atoms with Crippen molar-refractivity contribution in [1.29, 1.82) is 0 Å². The van der Waals surface area contributed by atoms with Crippen LogP contribution >= 0.6 is 11.8 Å². The second-order valence-corrected chi connectivity index (χ2v) is 7.14. The van der Waals surface area contributed by atoms with E-state index in [0.717, 1.165) is 10.5 Å². The van der Waals surface area contributed by atoms with Crippen molar-refractivity contribution in [3.8, 4) is 0 Å². The molecule has 3 N–H and O–H groups in total. The van der Waals surface area contributed by atoms with Crippen molar-refractivity contribution in [2.45, 2.75) is 29.9 Å². The van der Waals surface area contributed by atoms with E-state index in [-0.39, 0.29) is 23.5 Å². The van der Waals surface area contributed by atoms with E-state index in [2.05, 4.69) is 10.6 Å². The molecule has 0 fully saturated rings. The van der Waals surface area contributed by atoms with Crippen molar-refractivity contribution < 1.29 is 19.5 Å². The molecule has 7 heteroatoms. The van der Waals surface area contributed by atoms with E-state index in [9.17, 15) is 14.4 Å². The standard InChI is InChI=1S/C20H22N2O4S/c1-2-17(27-16-6-4-3-5-7-16)20(26)22-15-10-8-14(9-11-15)12-18(23)21-13-19(24)25/h3-11,17H,2,12-13H2,1H3,(H,21,23)(H,22,26)(H,24,25). The Hall–Kier alpha value is -2.80. The SMILES string of the molecule is CCC(Sc1ccccc1)C(=O)Nc1ccc(CC(=O)NCC(=O)O)cc1. The van der Waals surface area contributed by atoms with Crippen LogP contribution in [0.15, 0.2) is 59.5 Å². The van der Waals surface area contributed by atoms with Crippen molar-refractivity contribution in [2.24, 2.45) is 0 Å². The maximum absolute atomic E-state index is 12.5. The van der Waals surface area contributed by atoms with Gasteiger partial charge in [0.15, 0.2) is 0 Å². The van der Waals surface area contributed by atoms with Gasteiger partial charge in [0, 0.05) is 10.6 Å².